The summed E-state index contributed by atoms with van der Waals surface area (Å²) < 4.78 is 0. The summed E-state index contributed by atoms with van der Waals surface area (Å²) in [5, 5.41) is 0. The van der Waals surface area contributed by atoms with E-state index in [0.29, 0.717) is 0 Å². The van der Waals surface area contributed by atoms with Crippen molar-refractivity contribution in [1.29, 1.82) is 0 Å². The molecular weight excluding hydrogens is 522 g/mol. The van der Waals surface area contributed by atoms with E-state index in [-0.39, 0.29) is 0 Å². The van der Waals surface area contributed by atoms with E-state index >= 15 is 0 Å². The number of pyridine rings is 1. The third-order valence-corrected chi connectivity index (χ3v) is 2.89. The quantitative estimate of drug-likeness (QED) is 0.343. The van der Waals surface area contributed by atoms with Gasteiger partial charge in [-0.05, 0) is 12.1 Å². The van der Waals surface area contributed by atoms with Gasteiger partial charge in [-0.3, -0.25) is 0 Å². The van der Waals surface area contributed by atoms with Gasteiger partial charge >= 0.3 is 42.8 Å². The third kappa shape index (κ3) is 5.77. The van der Waals surface area contributed by atoms with Crippen LogP contribution in [0.25, 0.3) is 22.5 Å². The van der Waals surface area contributed by atoms with Crippen LogP contribution in [0.5, 0.6) is 0 Å². The number of hydrogen-bond acceptors (Lipinski definition) is 1. The van der Waals surface area contributed by atoms with Gasteiger partial charge in [-0.25, -0.2) is 4.98 Å². The van der Waals surface area contributed by atoms with Crippen LogP contribution in [-0.2, 0) is 15.2 Å². The Morgan fingerprint density at radius 2 is 0.909 bits per heavy atom. The Bertz CT molecular complexity index is 633. The standard InChI is InChI=1S/C17H13N.Au.3ClH/c1-3-8-14(9-4-1)16-12-7-13-17(18-16)15-10-5-2-6-11-15;;;;/h1-13H;;3*1H/q;+3;;;/p-3. The topological polar surface area (TPSA) is 12.9 Å². The van der Waals surface area contributed by atoms with E-state index in [4.69, 9.17) is 32.6 Å². The number of aromatic nitrogens is 1. The summed E-state index contributed by atoms with van der Waals surface area (Å²) in [4.78, 5) is 4.71. The van der Waals surface area contributed by atoms with Crippen molar-refractivity contribution in [3.05, 3.63) is 78.9 Å². The average Bonchev–Trinajstić information content (AvgIpc) is 2.56. The second kappa shape index (κ2) is 9.36. The van der Waals surface area contributed by atoms with Crippen molar-refractivity contribution in [3.8, 4) is 22.5 Å². The predicted molar refractivity (Wildman–Crippen MR) is 92.7 cm³/mol. The Morgan fingerprint density at radius 1 is 0.545 bits per heavy atom. The molecule has 2 aromatic carbocycles. The van der Waals surface area contributed by atoms with Crippen molar-refractivity contribution in [3.63, 3.8) is 0 Å². The molecule has 118 valence electrons. The first-order valence-electron chi connectivity index (χ1n) is 6.35. The summed E-state index contributed by atoms with van der Waals surface area (Å²) in [6.07, 6.45) is 0. The van der Waals surface area contributed by atoms with Crippen molar-refractivity contribution in [2.45, 2.75) is 0 Å². The van der Waals surface area contributed by atoms with Gasteiger partial charge in [-0.2, -0.15) is 0 Å². The van der Waals surface area contributed by atoms with Crippen LogP contribution in [-0.4, -0.2) is 4.98 Å². The monoisotopic (exact) mass is 533 g/mol. The van der Waals surface area contributed by atoms with Gasteiger partial charge in [0.15, 0.2) is 0 Å². The number of hydrogen-bond donors (Lipinski definition) is 0. The minimum absolute atomic E-state index is 1.01. The van der Waals surface area contributed by atoms with Crippen molar-refractivity contribution in [2.24, 2.45) is 0 Å². The van der Waals surface area contributed by atoms with E-state index in [0.717, 1.165) is 22.5 Å². The third-order valence-electron chi connectivity index (χ3n) is 2.89. The van der Waals surface area contributed by atoms with E-state index in [1.807, 2.05) is 48.5 Å². The molecule has 0 radical (unpaired) electrons. The number of benzene rings is 2. The van der Waals surface area contributed by atoms with Crippen LogP contribution in [0.3, 0.4) is 0 Å². The molecule has 1 heterocycles. The summed E-state index contributed by atoms with van der Waals surface area (Å²) in [5.74, 6) is 0. The Kier molecular flexibility index (Phi) is 7.47. The molecule has 0 aliphatic rings. The van der Waals surface area contributed by atoms with Gasteiger partial charge in [0.1, 0.15) is 0 Å². The van der Waals surface area contributed by atoms with Gasteiger partial charge in [-0.15, -0.1) is 0 Å². The van der Waals surface area contributed by atoms with Gasteiger partial charge in [0.25, 0.3) is 0 Å². The van der Waals surface area contributed by atoms with Crippen molar-refractivity contribution in [1.82, 2.24) is 4.98 Å². The van der Waals surface area contributed by atoms with E-state index in [1.165, 1.54) is 0 Å². The molecule has 5 heteroatoms. The average molecular weight is 535 g/mol. The Morgan fingerprint density at radius 3 is 1.27 bits per heavy atom. The van der Waals surface area contributed by atoms with E-state index in [2.05, 4.69) is 30.3 Å². The van der Waals surface area contributed by atoms with Crippen LogP contribution in [0.4, 0.5) is 0 Å². The van der Waals surface area contributed by atoms with E-state index < -0.39 is 15.2 Å². The Labute approximate surface area is 148 Å². The Hall–Kier alpha value is -0.800. The van der Waals surface area contributed by atoms with Crippen LogP contribution in [0, 0.1) is 0 Å². The maximum absolute atomic E-state index is 4.95. The minimum atomic E-state index is -1.79. The van der Waals surface area contributed by atoms with Crippen molar-refractivity contribution < 1.29 is 15.2 Å². The normalized spacial score (nSPS) is 10.4. The minimum Gasteiger partial charge on any atom is -0.248 e. The molecule has 0 aliphatic carbocycles. The van der Waals surface area contributed by atoms with E-state index in [9.17, 15) is 0 Å². The zero-order valence-electron chi connectivity index (χ0n) is 11.4. The van der Waals surface area contributed by atoms with E-state index in [1.54, 1.807) is 0 Å². The molecule has 3 aromatic rings. The van der Waals surface area contributed by atoms with Gasteiger partial charge in [0.2, 0.25) is 0 Å². The first-order valence-corrected chi connectivity index (χ1v) is 14.4. The molecule has 0 aliphatic heterocycles. The maximum Gasteiger partial charge on any atom is 0.0709 e. The molecule has 1 nitrogen and oxygen atoms in total. The zero-order chi connectivity index (χ0) is 15.8. The van der Waals surface area contributed by atoms with Crippen LogP contribution >= 0.6 is 27.6 Å². The summed E-state index contributed by atoms with van der Waals surface area (Å²) >= 11 is -1.79. The summed E-state index contributed by atoms with van der Waals surface area (Å²) in [6.45, 7) is 0. The maximum atomic E-state index is 4.95. The molecule has 22 heavy (non-hydrogen) atoms. The van der Waals surface area contributed by atoms with Crippen LogP contribution in [0.1, 0.15) is 0 Å². The number of nitrogens with zero attached hydrogens (tertiary/aromatic N) is 1. The van der Waals surface area contributed by atoms with Gasteiger partial charge < -0.3 is 0 Å². The predicted octanol–water partition coefficient (Wildman–Crippen LogP) is 6.48. The molecule has 0 saturated carbocycles. The fraction of sp³-hybridized carbons (Fsp3) is 0. The van der Waals surface area contributed by atoms with Gasteiger partial charge in [0.05, 0.1) is 11.4 Å². The molecule has 0 spiro atoms. The number of halogens is 3. The fourth-order valence-electron chi connectivity index (χ4n) is 1.97. The second-order valence-electron chi connectivity index (χ2n) is 4.27. The molecule has 0 unspecified atom stereocenters. The molecule has 0 fully saturated rings. The summed E-state index contributed by atoms with van der Waals surface area (Å²) in [6, 6.07) is 26.6. The molecule has 0 atom stereocenters. The zero-order valence-corrected chi connectivity index (χ0v) is 15.8. The second-order valence-corrected chi connectivity index (χ2v) is 13.7. The molecule has 3 rings (SSSR count). The van der Waals surface area contributed by atoms with Crippen LogP contribution < -0.4 is 0 Å². The molecule has 0 amide bonds. The van der Waals surface area contributed by atoms with Crippen LogP contribution in [0.15, 0.2) is 78.9 Å². The summed E-state index contributed by atoms with van der Waals surface area (Å²) in [7, 11) is 14.9. The number of rotatable bonds is 2. The van der Waals surface area contributed by atoms with Crippen LogP contribution in [0.2, 0.25) is 0 Å². The van der Waals surface area contributed by atoms with Gasteiger partial charge in [0, 0.05) is 11.1 Å². The molecule has 1 aromatic heterocycles. The molecular formula is C17H13AuCl3N. The van der Waals surface area contributed by atoms with Crippen molar-refractivity contribution in [2.75, 3.05) is 0 Å². The smallest absolute Gasteiger partial charge is 0.0709 e. The van der Waals surface area contributed by atoms with Gasteiger partial charge in [-0.1, -0.05) is 66.7 Å². The largest absolute Gasteiger partial charge is 0.248 e. The SMILES string of the molecule is [Cl][Au]([Cl])[Cl].c1ccc(-c2cccc(-c3ccccc3)n2)cc1. The summed E-state index contributed by atoms with van der Waals surface area (Å²) in [5.41, 5.74) is 4.32. The Balaban J connectivity index is 0.000000396. The molecule has 0 saturated heterocycles. The first-order chi connectivity index (χ1) is 10.7. The molecule has 0 bridgehead atoms. The molecule has 0 N–H and O–H groups in total. The van der Waals surface area contributed by atoms with Crippen molar-refractivity contribution >= 4 is 27.6 Å². The first kappa shape index (κ1) is 17.6. The fourth-order valence-corrected chi connectivity index (χ4v) is 1.97.